The van der Waals surface area contributed by atoms with Crippen molar-refractivity contribution in [1.82, 2.24) is 9.97 Å². The topological polar surface area (TPSA) is 25.8 Å². The van der Waals surface area contributed by atoms with Crippen molar-refractivity contribution in [3.05, 3.63) is 255 Å². The maximum Gasteiger partial charge on any atom is 0.160 e. The lowest BCUT2D eigenvalue weighted by Gasteiger charge is -2.19. The average molecular weight is 863 g/mol. The third-order valence-electron chi connectivity index (χ3n) is 13.7. The van der Waals surface area contributed by atoms with Crippen molar-refractivity contribution in [1.29, 1.82) is 0 Å². The van der Waals surface area contributed by atoms with Crippen LogP contribution in [0.5, 0.6) is 0 Å². The summed E-state index contributed by atoms with van der Waals surface area (Å²) in [4.78, 5) is 10.6. The second kappa shape index (κ2) is 16.5. The molecule has 1 aromatic heterocycles. The quantitative estimate of drug-likeness (QED) is 0.118. The number of fused-ring (bicyclic) bond motifs is 6. The molecule has 2 nitrogen and oxygen atoms in total. The van der Waals surface area contributed by atoms with Gasteiger partial charge in [-0.25, -0.2) is 9.97 Å². The van der Waals surface area contributed by atoms with E-state index < -0.39 is 0 Å². The molecule has 1 heterocycles. The van der Waals surface area contributed by atoms with Gasteiger partial charge < -0.3 is 0 Å². The Morgan fingerprint density at radius 3 is 1.44 bits per heavy atom. The maximum absolute atomic E-state index is 5.32. The van der Waals surface area contributed by atoms with Gasteiger partial charge >= 0.3 is 0 Å². The fraction of sp³-hybridized carbons (Fsp3) is 0. The zero-order valence-electron chi connectivity index (χ0n) is 37.1. The van der Waals surface area contributed by atoms with Crippen molar-refractivity contribution in [2.45, 2.75) is 0 Å². The number of hydrogen-bond donors (Lipinski definition) is 0. The molecule has 12 aromatic carbocycles. The summed E-state index contributed by atoms with van der Waals surface area (Å²) in [6, 6.07) is 92.0. The molecule has 0 bridgehead atoms. The van der Waals surface area contributed by atoms with E-state index in [4.69, 9.17) is 9.97 Å². The van der Waals surface area contributed by atoms with Gasteiger partial charge in [-0.2, -0.15) is 0 Å². The predicted octanol–water partition coefficient (Wildman–Crippen LogP) is 17.9. The highest BCUT2D eigenvalue weighted by atomic mass is 14.9. The Morgan fingerprint density at radius 1 is 0.221 bits per heavy atom. The molecule has 0 aliphatic carbocycles. The number of hydrogen-bond acceptors (Lipinski definition) is 2. The van der Waals surface area contributed by atoms with Crippen LogP contribution >= 0.6 is 0 Å². The van der Waals surface area contributed by atoms with E-state index in [1.807, 2.05) is 6.07 Å². The molecule has 0 saturated heterocycles. The molecule has 2 heteroatoms. The zero-order chi connectivity index (χ0) is 45.0. The summed E-state index contributed by atoms with van der Waals surface area (Å²) in [7, 11) is 0. The highest BCUT2D eigenvalue weighted by Gasteiger charge is 2.20. The minimum Gasteiger partial charge on any atom is -0.228 e. The molecule has 0 saturated carbocycles. The van der Waals surface area contributed by atoms with Gasteiger partial charge in [-0.3, -0.25) is 0 Å². The predicted molar refractivity (Wildman–Crippen MR) is 288 cm³/mol. The lowest BCUT2D eigenvalue weighted by atomic mass is 9.83. The summed E-state index contributed by atoms with van der Waals surface area (Å²) in [6.07, 6.45) is 0. The molecule has 0 amide bonds. The Bertz CT molecular complexity index is 4060. The number of aromatic nitrogens is 2. The van der Waals surface area contributed by atoms with Crippen molar-refractivity contribution < 1.29 is 0 Å². The van der Waals surface area contributed by atoms with Crippen LogP contribution < -0.4 is 0 Å². The van der Waals surface area contributed by atoms with Crippen LogP contribution in [0.4, 0.5) is 0 Å². The van der Waals surface area contributed by atoms with Crippen molar-refractivity contribution in [3.8, 4) is 78.4 Å². The maximum atomic E-state index is 5.32. The smallest absolute Gasteiger partial charge is 0.160 e. The van der Waals surface area contributed by atoms with E-state index in [-0.39, 0.29) is 0 Å². The summed E-state index contributed by atoms with van der Waals surface area (Å²) < 4.78 is 0. The van der Waals surface area contributed by atoms with Crippen molar-refractivity contribution in [2.75, 3.05) is 0 Å². The van der Waals surface area contributed by atoms with Crippen LogP contribution in [0.3, 0.4) is 0 Å². The minimum atomic E-state index is 0.694. The van der Waals surface area contributed by atoms with E-state index in [0.717, 1.165) is 50.2 Å². The minimum absolute atomic E-state index is 0.694. The molecule has 0 unspecified atom stereocenters. The van der Waals surface area contributed by atoms with Gasteiger partial charge in [0.05, 0.1) is 11.4 Å². The van der Waals surface area contributed by atoms with Crippen molar-refractivity contribution >= 4 is 53.9 Å². The van der Waals surface area contributed by atoms with E-state index >= 15 is 0 Å². The lowest BCUT2D eigenvalue weighted by molar-refractivity contribution is 1.19. The van der Waals surface area contributed by atoms with E-state index in [2.05, 4.69) is 249 Å². The van der Waals surface area contributed by atoms with Crippen LogP contribution in [0.2, 0.25) is 0 Å². The molecule has 0 aliphatic heterocycles. The Labute approximate surface area is 395 Å². The lowest BCUT2D eigenvalue weighted by Crippen LogP contribution is -1.97. The molecule has 68 heavy (non-hydrogen) atoms. The number of rotatable bonds is 7. The van der Waals surface area contributed by atoms with Gasteiger partial charge in [0, 0.05) is 16.7 Å². The largest absolute Gasteiger partial charge is 0.228 e. The molecular weight excluding hydrogens is 821 g/mol. The van der Waals surface area contributed by atoms with Gasteiger partial charge in [-0.05, 0) is 111 Å². The Balaban J connectivity index is 0.950. The average Bonchev–Trinajstić information content (AvgIpc) is 3.42. The zero-order valence-corrected chi connectivity index (χ0v) is 37.1. The first kappa shape index (κ1) is 39.4. The highest BCUT2D eigenvalue weighted by molar-refractivity contribution is 6.28. The van der Waals surface area contributed by atoms with E-state index in [9.17, 15) is 0 Å². The Morgan fingerprint density at radius 2 is 0.706 bits per heavy atom. The van der Waals surface area contributed by atoms with Crippen LogP contribution in [-0.2, 0) is 0 Å². The summed E-state index contributed by atoms with van der Waals surface area (Å²) >= 11 is 0. The summed E-state index contributed by atoms with van der Waals surface area (Å²) in [5.74, 6) is 0.694. The summed E-state index contributed by atoms with van der Waals surface area (Å²) in [6.45, 7) is 0. The van der Waals surface area contributed by atoms with Gasteiger partial charge in [0.2, 0.25) is 0 Å². The molecule has 0 aliphatic rings. The normalized spacial score (nSPS) is 11.5. The van der Waals surface area contributed by atoms with E-state index in [1.165, 1.54) is 76.3 Å². The van der Waals surface area contributed by atoms with Crippen LogP contribution in [0.1, 0.15) is 0 Å². The summed E-state index contributed by atoms with van der Waals surface area (Å²) in [5.41, 5.74) is 14.4. The van der Waals surface area contributed by atoms with Gasteiger partial charge in [0.1, 0.15) is 0 Å². The van der Waals surface area contributed by atoms with Gasteiger partial charge in [-0.1, -0.05) is 243 Å². The second-order valence-corrected chi connectivity index (χ2v) is 17.6. The van der Waals surface area contributed by atoms with Gasteiger partial charge in [-0.15, -0.1) is 0 Å². The molecule has 0 fully saturated rings. The van der Waals surface area contributed by atoms with Crippen LogP contribution in [0, 0.1) is 0 Å². The molecule has 0 atom stereocenters. The number of benzene rings is 12. The highest BCUT2D eigenvalue weighted by Crippen LogP contribution is 2.47. The Hall–Kier alpha value is -8.98. The van der Waals surface area contributed by atoms with Crippen molar-refractivity contribution in [2.24, 2.45) is 0 Å². The van der Waals surface area contributed by atoms with E-state index in [1.54, 1.807) is 0 Å². The molecule has 13 aromatic rings. The molecule has 0 spiro atoms. The second-order valence-electron chi connectivity index (χ2n) is 17.6. The molecule has 316 valence electrons. The fourth-order valence-electron chi connectivity index (χ4n) is 10.5. The number of nitrogens with zero attached hydrogens (tertiary/aromatic N) is 2. The van der Waals surface area contributed by atoms with E-state index in [0.29, 0.717) is 5.82 Å². The molecule has 0 N–H and O–H groups in total. The standard InChI is InChI=1S/C66H42N2/c1-3-19-46(20-4-1)64-59-30-16-15-29-58(59)63(60-38-37-44-18-9-10-25-53(44)65(60)64)47-34-32-45(33-35-47)52-39-40-57(55-27-13-12-26-54(52)55)62-42-61(67-66(68-62)48-21-5-2-6-22-48)56-28-14-11-24-51(56)50-36-31-43-17-7-8-23-49(43)41-50/h1-42H. The van der Waals surface area contributed by atoms with Gasteiger partial charge in [0.15, 0.2) is 5.82 Å². The summed E-state index contributed by atoms with van der Waals surface area (Å²) in [5, 5.41) is 12.3. The molecule has 13 rings (SSSR count). The first-order chi connectivity index (χ1) is 33.7. The Kier molecular flexibility index (Phi) is 9.54. The van der Waals surface area contributed by atoms with Crippen LogP contribution in [-0.4, -0.2) is 9.97 Å². The first-order valence-corrected chi connectivity index (χ1v) is 23.3. The third-order valence-corrected chi connectivity index (χ3v) is 13.7. The fourth-order valence-corrected chi connectivity index (χ4v) is 10.5. The van der Waals surface area contributed by atoms with Crippen LogP contribution in [0.25, 0.3) is 132 Å². The third kappa shape index (κ3) is 6.73. The molecule has 0 radical (unpaired) electrons. The molecular formula is C66H42N2. The monoisotopic (exact) mass is 862 g/mol. The van der Waals surface area contributed by atoms with Gasteiger partial charge in [0.25, 0.3) is 0 Å². The van der Waals surface area contributed by atoms with Crippen LogP contribution in [0.15, 0.2) is 255 Å². The van der Waals surface area contributed by atoms with Crippen molar-refractivity contribution in [3.63, 3.8) is 0 Å². The SMILES string of the molecule is c1ccc(-c2nc(-c3ccccc3-c3ccc4ccccc4c3)cc(-c3ccc(-c4ccc(-c5c6ccccc6c(-c6ccccc6)c6c5ccc5ccccc56)cc4)c4ccccc34)n2)cc1. The first-order valence-electron chi connectivity index (χ1n) is 23.3.